The summed E-state index contributed by atoms with van der Waals surface area (Å²) in [6.07, 6.45) is 1.07. The molecule has 10 heteroatoms. The number of hydrazone groups is 1. The average molecular weight is 475 g/mol. The number of hydrogen-bond acceptors (Lipinski definition) is 6. The highest BCUT2D eigenvalue weighted by Crippen LogP contribution is 2.22. The average Bonchev–Trinajstić information content (AvgIpc) is 2.71. The Balaban J connectivity index is 1.74. The van der Waals surface area contributed by atoms with Crippen molar-refractivity contribution in [1.29, 1.82) is 0 Å². The lowest BCUT2D eigenvalue weighted by molar-refractivity contribution is -0.130. The summed E-state index contributed by atoms with van der Waals surface area (Å²) in [7, 11) is 1.49. The minimum atomic E-state index is -1.24. The van der Waals surface area contributed by atoms with Crippen LogP contribution < -0.4 is 20.4 Å². The van der Waals surface area contributed by atoms with Gasteiger partial charge in [-0.25, -0.2) is 5.43 Å². The topological polar surface area (TPSA) is 100 Å². The summed E-state index contributed by atoms with van der Waals surface area (Å²) >= 11 is 8.45. The van der Waals surface area contributed by atoms with Crippen molar-refractivity contribution in [1.82, 2.24) is 10.7 Å². The van der Waals surface area contributed by atoms with Crippen molar-refractivity contribution in [3.63, 3.8) is 0 Å². The minimum Gasteiger partial charge on any atom is -0.497 e. The Bertz CT molecular complexity index is 1010. The fourth-order valence-electron chi connectivity index (χ4n) is 2.56. The summed E-state index contributed by atoms with van der Waals surface area (Å²) in [5.41, 5.74) is 3.12. The van der Waals surface area contributed by atoms with Crippen LogP contribution >= 0.6 is 28.1 Å². The highest BCUT2D eigenvalue weighted by Gasteiger charge is 2.38. The molecule has 148 valence electrons. The minimum absolute atomic E-state index is 0.0209. The first kappa shape index (κ1) is 20.6. The van der Waals surface area contributed by atoms with Gasteiger partial charge in [0.15, 0.2) is 11.0 Å². The van der Waals surface area contributed by atoms with Crippen molar-refractivity contribution in [2.45, 2.75) is 0 Å². The Morgan fingerprint density at radius 3 is 2.69 bits per heavy atom. The third-order valence-electron chi connectivity index (χ3n) is 4.01. The first-order chi connectivity index (χ1) is 13.9. The standard InChI is InChI=1S/C19H15BrN4O4S/c1-28-14-4-2-3-11(9-14)16(25)23-21-10-15-17(26)22-19(29)24(18(15)27)13-7-5-12(20)6-8-13/h2-10,15H,1H3,(H,23,25)(H,22,26,29)/b21-10-/t15-/m1/s1. The van der Waals surface area contributed by atoms with E-state index in [1.807, 2.05) is 0 Å². The van der Waals surface area contributed by atoms with Crippen LogP contribution in [-0.2, 0) is 9.59 Å². The fraction of sp³-hybridized carbons (Fsp3) is 0.105. The van der Waals surface area contributed by atoms with Crippen LogP contribution in [0.1, 0.15) is 10.4 Å². The largest absolute Gasteiger partial charge is 0.497 e. The summed E-state index contributed by atoms with van der Waals surface area (Å²) in [4.78, 5) is 38.4. The van der Waals surface area contributed by atoms with Crippen LogP contribution in [0.4, 0.5) is 5.69 Å². The van der Waals surface area contributed by atoms with E-state index < -0.39 is 23.6 Å². The monoisotopic (exact) mass is 474 g/mol. The Morgan fingerprint density at radius 2 is 2.00 bits per heavy atom. The first-order valence-corrected chi connectivity index (χ1v) is 9.53. The second-order valence-corrected chi connectivity index (χ2v) is 7.18. The molecule has 1 saturated heterocycles. The molecule has 2 N–H and O–H groups in total. The maximum absolute atomic E-state index is 12.8. The van der Waals surface area contributed by atoms with E-state index in [-0.39, 0.29) is 5.11 Å². The molecular formula is C19H15BrN4O4S. The zero-order valence-corrected chi connectivity index (χ0v) is 17.5. The second kappa shape index (κ2) is 8.93. The number of hydrogen-bond donors (Lipinski definition) is 2. The van der Waals surface area contributed by atoms with Crippen LogP contribution in [0.2, 0.25) is 0 Å². The number of carbonyl (C=O) groups is 3. The molecule has 0 bridgehead atoms. The number of amides is 3. The lowest BCUT2D eigenvalue weighted by Gasteiger charge is -2.30. The number of rotatable bonds is 5. The SMILES string of the molecule is COc1cccc(C(=O)N/N=C\[C@@H]2C(=O)NC(=S)N(c3ccc(Br)cc3)C2=O)c1. The van der Waals surface area contributed by atoms with Crippen molar-refractivity contribution in [3.05, 3.63) is 58.6 Å². The normalized spacial score (nSPS) is 16.7. The van der Waals surface area contributed by atoms with Crippen LogP contribution in [0.5, 0.6) is 5.75 Å². The van der Waals surface area contributed by atoms with Crippen LogP contribution in [0.25, 0.3) is 0 Å². The second-order valence-electron chi connectivity index (χ2n) is 5.87. The quantitative estimate of drug-likeness (QED) is 0.299. The Kier molecular flexibility index (Phi) is 6.35. The van der Waals surface area contributed by atoms with E-state index in [1.165, 1.54) is 18.1 Å². The van der Waals surface area contributed by atoms with E-state index in [0.717, 1.165) is 10.7 Å². The number of thiocarbonyl (C=S) groups is 1. The summed E-state index contributed by atoms with van der Waals surface area (Å²) < 4.78 is 5.90. The molecule has 1 fully saturated rings. The molecule has 2 aromatic carbocycles. The summed E-state index contributed by atoms with van der Waals surface area (Å²) in [5.74, 6) is -2.42. The molecule has 0 saturated carbocycles. The number of methoxy groups -OCH3 is 1. The third-order valence-corrected chi connectivity index (χ3v) is 4.82. The van der Waals surface area contributed by atoms with E-state index in [1.54, 1.807) is 42.5 Å². The molecule has 2 aromatic rings. The molecule has 0 aromatic heterocycles. The zero-order chi connectivity index (χ0) is 21.0. The molecule has 0 aliphatic carbocycles. The Hall–Kier alpha value is -3.11. The van der Waals surface area contributed by atoms with Crippen LogP contribution in [0.15, 0.2) is 58.1 Å². The predicted octanol–water partition coefficient (Wildman–Crippen LogP) is 2.24. The van der Waals surface area contributed by atoms with Gasteiger partial charge >= 0.3 is 0 Å². The van der Waals surface area contributed by atoms with Gasteiger partial charge in [-0.1, -0.05) is 22.0 Å². The molecule has 8 nitrogen and oxygen atoms in total. The van der Waals surface area contributed by atoms with Gasteiger partial charge in [0, 0.05) is 16.3 Å². The van der Waals surface area contributed by atoms with Crippen LogP contribution in [0, 0.1) is 5.92 Å². The van der Waals surface area contributed by atoms with E-state index in [0.29, 0.717) is 17.0 Å². The van der Waals surface area contributed by atoms with Crippen molar-refractivity contribution < 1.29 is 19.1 Å². The molecule has 29 heavy (non-hydrogen) atoms. The molecule has 3 rings (SSSR count). The van der Waals surface area contributed by atoms with E-state index >= 15 is 0 Å². The number of anilines is 1. The van der Waals surface area contributed by atoms with Crippen molar-refractivity contribution in [3.8, 4) is 5.75 Å². The Labute approximate surface area is 180 Å². The van der Waals surface area contributed by atoms with Crippen LogP contribution in [0.3, 0.4) is 0 Å². The highest BCUT2D eigenvalue weighted by molar-refractivity contribution is 9.10. The van der Waals surface area contributed by atoms with Gasteiger partial charge in [0.2, 0.25) is 5.91 Å². The Morgan fingerprint density at radius 1 is 1.28 bits per heavy atom. The van der Waals surface area contributed by atoms with Crippen LogP contribution in [-0.4, -0.2) is 36.2 Å². The molecular weight excluding hydrogens is 460 g/mol. The number of nitrogens with zero attached hydrogens (tertiary/aromatic N) is 2. The van der Waals surface area contributed by atoms with Crippen molar-refractivity contribution >= 4 is 62.9 Å². The third kappa shape index (κ3) is 4.66. The van der Waals surface area contributed by atoms with Gasteiger partial charge in [-0.05, 0) is 54.7 Å². The molecule has 0 spiro atoms. The van der Waals surface area contributed by atoms with Gasteiger partial charge in [-0.15, -0.1) is 0 Å². The van der Waals surface area contributed by atoms with Gasteiger partial charge in [0.05, 0.1) is 12.8 Å². The molecule has 0 radical (unpaired) electrons. The van der Waals surface area contributed by atoms with Gasteiger partial charge in [-0.2, -0.15) is 5.10 Å². The first-order valence-electron chi connectivity index (χ1n) is 8.32. The predicted molar refractivity (Wildman–Crippen MR) is 115 cm³/mol. The van der Waals surface area contributed by atoms with Gasteiger partial charge in [0.25, 0.3) is 11.8 Å². The molecule has 1 aliphatic heterocycles. The maximum Gasteiger partial charge on any atom is 0.271 e. The number of halogens is 1. The molecule has 1 heterocycles. The lowest BCUT2D eigenvalue weighted by Crippen LogP contribution is -2.58. The number of carbonyl (C=O) groups excluding carboxylic acids is 3. The van der Waals surface area contributed by atoms with Crippen molar-refractivity contribution in [2.75, 3.05) is 12.0 Å². The zero-order valence-electron chi connectivity index (χ0n) is 15.1. The molecule has 3 amide bonds. The summed E-state index contributed by atoms with van der Waals surface area (Å²) in [6, 6.07) is 13.3. The van der Waals surface area contributed by atoms with Gasteiger partial charge in [-0.3, -0.25) is 19.3 Å². The number of nitrogens with one attached hydrogen (secondary N) is 2. The lowest BCUT2D eigenvalue weighted by atomic mass is 10.1. The maximum atomic E-state index is 12.8. The van der Waals surface area contributed by atoms with Gasteiger partial charge in [0.1, 0.15) is 5.75 Å². The van der Waals surface area contributed by atoms with E-state index in [2.05, 4.69) is 31.8 Å². The molecule has 1 aliphatic rings. The number of ether oxygens (including phenoxy) is 1. The smallest absolute Gasteiger partial charge is 0.271 e. The van der Waals surface area contributed by atoms with E-state index in [9.17, 15) is 14.4 Å². The van der Waals surface area contributed by atoms with Gasteiger partial charge < -0.3 is 10.1 Å². The summed E-state index contributed by atoms with van der Waals surface area (Å²) in [6.45, 7) is 0. The van der Waals surface area contributed by atoms with Crippen molar-refractivity contribution in [2.24, 2.45) is 11.0 Å². The summed E-state index contributed by atoms with van der Waals surface area (Å²) in [5, 5.41) is 6.22. The molecule has 1 atom stereocenters. The fourth-order valence-corrected chi connectivity index (χ4v) is 3.12. The molecule has 0 unspecified atom stereocenters. The highest BCUT2D eigenvalue weighted by atomic mass is 79.9. The van der Waals surface area contributed by atoms with E-state index in [4.69, 9.17) is 17.0 Å². The number of benzene rings is 2.